The Bertz CT molecular complexity index is 564. The van der Waals surface area contributed by atoms with E-state index in [4.69, 9.17) is 0 Å². The summed E-state index contributed by atoms with van der Waals surface area (Å²) in [6, 6.07) is 1.89. The molecular weight excluding hydrogens is 313 g/mol. The summed E-state index contributed by atoms with van der Waals surface area (Å²) in [5, 5.41) is 6.49. The second-order valence-electron chi connectivity index (χ2n) is 3.45. The summed E-state index contributed by atoms with van der Waals surface area (Å²) in [5.41, 5.74) is -0.775. The number of hydrogen-bond acceptors (Lipinski definition) is 3. The minimum absolute atomic E-state index is 0.0971. The predicted octanol–water partition coefficient (Wildman–Crippen LogP) is 3.09. The molecule has 2 aromatic rings. The van der Waals surface area contributed by atoms with E-state index in [0.29, 0.717) is 4.47 Å². The zero-order valence-electron chi connectivity index (χ0n) is 9.16. The van der Waals surface area contributed by atoms with Gasteiger partial charge in [-0.25, -0.2) is 9.67 Å². The molecule has 0 atom stereocenters. The largest absolute Gasteiger partial charge is 0.416 e. The Morgan fingerprint density at radius 3 is 2.56 bits per heavy atom. The van der Waals surface area contributed by atoms with Crippen molar-refractivity contribution in [3.8, 4) is 5.82 Å². The lowest BCUT2D eigenvalue weighted by molar-refractivity contribution is -0.137. The lowest BCUT2D eigenvalue weighted by Crippen LogP contribution is -2.10. The highest BCUT2D eigenvalue weighted by molar-refractivity contribution is 9.10. The van der Waals surface area contributed by atoms with Crippen LogP contribution in [0.25, 0.3) is 5.82 Å². The number of halogens is 4. The van der Waals surface area contributed by atoms with E-state index in [1.807, 2.05) is 0 Å². The smallest absolute Gasteiger partial charge is 0.373 e. The number of alkyl halides is 3. The van der Waals surface area contributed by atoms with Crippen LogP contribution in [0.3, 0.4) is 0 Å². The molecule has 0 aliphatic carbocycles. The number of aromatic nitrogens is 3. The minimum atomic E-state index is -4.42. The first-order chi connectivity index (χ1) is 8.40. The van der Waals surface area contributed by atoms with Gasteiger partial charge in [-0.15, -0.1) is 0 Å². The third-order valence-corrected chi connectivity index (χ3v) is 2.59. The molecule has 2 aromatic heterocycles. The molecule has 1 N–H and O–H groups in total. The normalized spacial score (nSPS) is 11.6. The first kappa shape index (κ1) is 12.9. The van der Waals surface area contributed by atoms with Crippen LogP contribution >= 0.6 is 15.9 Å². The molecule has 0 saturated carbocycles. The molecule has 0 radical (unpaired) electrons. The van der Waals surface area contributed by atoms with E-state index in [-0.39, 0.29) is 11.6 Å². The highest BCUT2D eigenvalue weighted by Gasteiger charge is 2.31. The SMILES string of the molecule is CNc1cc(C(F)(F)F)cc(-n2cc(Br)cn2)n1. The molecule has 4 nitrogen and oxygen atoms in total. The van der Waals surface area contributed by atoms with Crippen molar-refractivity contribution in [2.24, 2.45) is 0 Å². The molecule has 0 unspecified atom stereocenters. The van der Waals surface area contributed by atoms with Gasteiger partial charge in [0.15, 0.2) is 5.82 Å². The maximum Gasteiger partial charge on any atom is 0.416 e. The Hall–Kier alpha value is -1.57. The highest BCUT2D eigenvalue weighted by atomic mass is 79.9. The number of rotatable bonds is 2. The first-order valence-electron chi connectivity index (χ1n) is 4.88. The summed E-state index contributed by atoms with van der Waals surface area (Å²) >= 11 is 3.17. The summed E-state index contributed by atoms with van der Waals surface area (Å²) in [4.78, 5) is 4.02. The third-order valence-electron chi connectivity index (χ3n) is 2.18. The summed E-state index contributed by atoms with van der Waals surface area (Å²) in [7, 11) is 1.51. The van der Waals surface area contributed by atoms with Crippen LogP contribution in [-0.2, 0) is 6.18 Å². The van der Waals surface area contributed by atoms with Crippen LogP contribution < -0.4 is 5.32 Å². The van der Waals surface area contributed by atoms with Gasteiger partial charge in [0.05, 0.1) is 16.2 Å². The standard InChI is InChI=1S/C10H8BrF3N4/c1-15-8-2-6(10(12,13)14)3-9(17-8)18-5-7(11)4-16-18/h2-5H,1H3,(H,15,17). The number of pyridine rings is 1. The summed E-state index contributed by atoms with van der Waals surface area (Å²) in [6.45, 7) is 0. The average Bonchev–Trinajstić information content (AvgIpc) is 2.74. The molecule has 0 aliphatic heterocycles. The Morgan fingerprint density at radius 2 is 2.06 bits per heavy atom. The highest BCUT2D eigenvalue weighted by Crippen LogP contribution is 2.31. The van der Waals surface area contributed by atoms with Gasteiger partial charge in [-0.3, -0.25) is 0 Å². The quantitative estimate of drug-likeness (QED) is 0.924. The molecule has 0 amide bonds. The van der Waals surface area contributed by atoms with Crippen molar-refractivity contribution in [3.63, 3.8) is 0 Å². The van der Waals surface area contributed by atoms with Gasteiger partial charge in [-0.2, -0.15) is 18.3 Å². The molecule has 0 saturated heterocycles. The fourth-order valence-corrected chi connectivity index (χ4v) is 1.64. The maximum absolute atomic E-state index is 12.7. The fraction of sp³-hybridized carbons (Fsp3) is 0.200. The predicted molar refractivity (Wildman–Crippen MR) is 63.6 cm³/mol. The third kappa shape index (κ3) is 2.63. The van der Waals surface area contributed by atoms with Crippen LogP contribution in [0.4, 0.5) is 19.0 Å². The molecule has 18 heavy (non-hydrogen) atoms. The van der Waals surface area contributed by atoms with Gasteiger partial charge in [0.25, 0.3) is 0 Å². The van der Waals surface area contributed by atoms with E-state index in [1.54, 1.807) is 0 Å². The minimum Gasteiger partial charge on any atom is -0.373 e. The van der Waals surface area contributed by atoms with Crippen LogP contribution in [-0.4, -0.2) is 21.8 Å². The van der Waals surface area contributed by atoms with Crippen LogP contribution in [0, 0.1) is 0 Å². The first-order valence-corrected chi connectivity index (χ1v) is 5.67. The number of anilines is 1. The molecule has 96 valence electrons. The van der Waals surface area contributed by atoms with Crippen molar-refractivity contribution in [1.29, 1.82) is 0 Å². The monoisotopic (exact) mass is 320 g/mol. The maximum atomic E-state index is 12.7. The van der Waals surface area contributed by atoms with Gasteiger partial charge in [0.2, 0.25) is 0 Å². The molecule has 0 fully saturated rings. The zero-order valence-corrected chi connectivity index (χ0v) is 10.7. The van der Waals surface area contributed by atoms with Crippen molar-refractivity contribution >= 4 is 21.7 Å². The Morgan fingerprint density at radius 1 is 1.33 bits per heavy atom. The summed E-state index contributed by atoms with van der Waals surface area (Å²) in [6.07, 6.45) is -1.42. The second-order valence-corrected chi connectivity index (χ2v) is 4.37. The molecule has 2 heterocycles. The van der Waals surface area contributed by atoms with Gasteiger partial charge in [0.1, 0.15) is 5.82 Å². The van der Waals surface area contributed by atoms with Gasteiger partial charge in [-0.1, -0.05) is 0 Å². The number of nitrogens with one attached hydrogen (secondary N) is 1. The van der Waals surface area contributed by atoms with Gasteiger partial charge in [0, 0.05) is 13.2 Å². The second kappa shape index (κ2) is 4.60. The molecule has 0 spiro atoms. The molecule has 0 bridgehead atoms. The van der Waals surface area contributed by atoms with E-state index in [2.05, 4.69) is 31.3 Å². The van der Waals surface area contributed by atoms with E-state index in [0.717, 1.165) is 12.1 Å². The lowest BCUT2D eigenvalue weighted by atomic mass is 10.2. The van der Waals surface area contributed by atoms with Crippen molar-refractivity contribution in [1.82, 2.24) is 14.8 Å². The van der Waals surface area contributed by atoms with Crippen LogP contribution in [0.15, 0.2) is 29.0 Å². The molecular formula is C10H8BrF3N4. The molecule has 8 heteroatoms. The Balaban J connectivity index is 2.54. The van der Waals surface area contributed by atoms with Crippen LogP contribution in [0.2, 0.25) is 0 Å². The van der Waals surface area contributed by atoms with Crippen molar-refractivity contribution in [3.05, 3.63) is 34.6 Å². The Kier molecular flexibility index (Phi) is 3.29. The summed E-state index contributed by atoms with van der Waals surface area (Å²) in [5.74, 6) is 0.228. The van der Waals surface area contributed by atoms with Crippen LogP contribution in [0.5, 0.6) is 0 Å². The van der Waals surface area contributed by atoms with Crippen molar-refractivity contribution in [2.45, 2.75) is 6.18 Å². The van der Waals surface area contributed by atoms with Gasteiger partial charge < -0.3 is 5.32 Å². The van der Waals surface area contributed by atoms with Gasteiger partial charge in [-0.05, 0) is 28.1 Å². The lowest BCUT2D eigenvalue weighted by Gasteiger charge is -2.11. The van der Waals surface area contributed by atoms with E-state index >= 15 is 0 Å². The van der Waals surface area contributed by atoms with Crippen molar-refractivity contribution in [2.75, 3.05) is 12.4 Å². The van der Waals surface area contributed by atoms with Gasteiger partial charge >= 0.3 is 6.18 Å². The van der Waals surface area contributed by atoms with E-state index in [1.165, 1.54) is 24.1 Å². The van der Waals surface area contributed by atoms with E-state index < -0.39 is 11.7 Å². The molecule has 2 rings (SSSR count). The van der Waals surface area contributed by atoms with E-state index in [9.17, 15) is 13.2 Å². The molecule has 0 aliphatic rings. The average molecular weight is 321 g/mol. The van der Waals surface area contributed by atoms with Crippen molar-refractivity contribution < 1.29 is 13.2 Å². The summed E-state index contributed by atoms with van der Waals surface area (Å²) < 4.78 is 40.1. The number of hydrogen-bond donors (Lipinski definition) is 1. The number of nitrogens with zero attached hydrogens (tertiary/aromatic N) is 3. The molecule has 0 aromatic carbocycles. The van der Waals surface area contributed by atoms with Crippen LogP contribution in [0.1, 0.15) is 5.56 Å². The Labute approximate surface area is 109 Å². The zero-order chi connectivity index (χ0) is 13.3. The fourth-order valence-electron chi connectivity index (χ4n) is 1.35. The topological polar surface area (TPSA) is 42.7 Å².